The van der Waals surface area contributed by atoms with Crippen LogP contribution in [0.4, 0.5) is 0 Å². The van der Waals surface area contributed by atoms with Crippen LogP contribution >= 0.6 is 0 Å². The van der Waals surface area contributed by atoms with Crippen molar-refractivity contribution >= 4 is 27.7 Å². The van der Waals surface area contributed by atoms with E-state index in [0.29, 0.717) is 27.7 Å². The van der Waals surface area contributed by atoms with Crippen molar-refractivity contribution in [3.63, 3.8) is 0 Å². The molecule has 1 heterocycles. The SMILES string of the molecule is Cc1cc(C)c2c(=O)cc(-c3cccc4cccc(C(=O)O)c34)oc2c1. The van der Waals surface area contributed by atoms with E-state index in [9.17, 15) is 14.7 Å². The van der Waals surface area contributed by atoms with E-state index in [2.05, 4.69) is 0 Å². The predicted molar refractivity (Wildman–Crippen MR) is 102 cm³/mol. The Morgan fingerprint density at radius 1 is 0.962 bits per heavy atom. The highest BCUT2D eigenvalue weighted by atomic mass is 16.4. The summed E-state index contributed by atoms with van der Waals surface area (Å²) >= 11 is 0. The maximum atomic E-state index is 12.7. The lowest BCUT2D eigenvalue weighted by molar-refractivity contribution is 0.0699. The molecule has 4 heteroatoms. The number of aromatic carboxylic acids is 1. The first kappa shape index (κ1) is 16.1. The number of fused-ring (bicyclic) bond motifs is 2. The number of carboxylic acids is 1. The monoisotopic (exact) mass is 344 g/mol. The Morgan fingerprint density at radius 3 is 2.42 bits per heavy atom. The number of carboxylic acid groups (broad SMARTS) is 1. The van der Waals surface area contributed by atoms with E-state index in [1.165, 1.54) is 6.07 Å². The topological polar surface area (TPSA) is 67.5 Å². The molecule has 0 atom stereocenters. The zero-order chi connectivity index (χ0) is 18.4. The summed E-state index contributed by atoms with van der Waals surface area (Å²) in [4.78, 5) is 24.4. The summed E-state index contributed by atoms with van der Waals surface area (Å²) in [5.74, 6) is -0.648. The Hall–Kier alpha value is -3.40. The summed E-state index contributed by atoms with van der Waals surface area (Å²) < 4.78 is 6.04. The van der Waals surface area contributed by atoms with Gasteiger partial charge in [-0.25, -0.2) is 4.79 Å². The molecule has 0 aliphatic carbocycles. The molecule has 0 spiro atoms. The van der Waals surface area contributed by atoms with Gasteiger partial charge in [-0.1, -0.05) is 36.4 Å². The molecule has 0 amide bonds. The molecule has 0 bridgehead atoms. The van der Waals surface area contributed by atoms with E-state index in [1.54, 1.807) is 18.2 Å². The average molecular weight is 344 g/mol. The Balaban J connectivity index is 2.11. The van der Waals surface area contributed by atoms with Crippen molar-refractivity contribution in [2.75, 3.05) is 0 Å². The van der Waals surface area contributed by atoms with Crippen LogP contribution in [0.25, 0.3) is 33.1 Å². The zero-order valence-electron chi connectivity index (χ0n) is 14.4. The maximum absolute atomic E-state index is 12.7. The minimum atomic E-state index is -1.02. The van der Waals surface area contributed by atoms with Crippen LogP contribution in [-0.4, -0.2) is 11.1 Å². The number of rotatable bonds is 2. The van der Waals surface area contributed by atoms with E-state index in [1.807, 2.05) is 44.2 Å². The number of aryl methyl sites for hydroxylation is 2. The first-order valence-electron chi connectivity index (χ1n) is 8.26. The molecule has 0 saturated heterocycles. The summed E-state index contributed by atoms with van der Waals surface area (Å²) in [6, 6.07) is 15.8. The van der Waals surface area contributed by atoms with Gasteiger partial charge in [-0.3, -0.25) is 4.79 Å². The van der Waals surface area contributed by atoms with Crippen LogP contribution < -0.4 is 5.43 Å². The highest BCUT2D eigenvalue weighted by Crippen LogP contribution is 2.32. The van der Waals surface area contributed by atoms with Gasteiger partial charge in [-0.15, -0.1) is 0 Å². The third-order valence-corrected chi connectivity index (χ3v) is 4.57. The fourth-order valence-electron chi connectivity index (χ4n) is 3.52. The van der Waals surface area contributed by atoms with Gasteiger partial charge < -0.3 is 9.52 Å². The molecule has 128 valence electrons. The average Bonchev–Trinajstić information content (AvgIpc) is 2.59. The van der Waals surface area contributed by atoms with Crippen molar-refractivity contribution < 1.29 is 14.3 Å². The lowest BCUT2D eigenvalue weighted by atomic mass is 9.97. The second kappa shape index (κ2) is 5.85. The van der Waals surface area contributed by atoms with E-state index < -0.39 is 5.97 Å². The van der Waals surface area contributed by atoms with Gasteiger partial charge in [0.25, 0.3) is 0 Å². The second-order valence-electron chi connectivity index (χ2n) is 6.44. The van der Waals surface area contributed by atoms with Gasteiger partial charge in [-0.2, -0.15) is 0 Å². The first-order valence-corrected chi connectivity index (χ1v) is 8.26. The van der Waals surface area contributed by atoms with Crippen molar-refractivity contribution in [2.24, 2.45) is 0 Å². The molecule has 26 heavy (non-hydrogen) atoms. The highest BCUT2D eigenvalue weighted by molar-refractivity contribution is 6.09. The molecular formula is C22H16O4. The number of benzene rings is 3. The van der Waals surface area contributed by atoms with Crippen molar-refractivity contribution in [1.29, 1.82) is 0 Å². The predicted octanol–water partition coefficient (Wildman–Crippen LogP) is 4.93. The summed E-state index contributed by atoms with van der Waals surface area (Å²) in [6.45, 7) is 3.83. The molecule has 0 saturated carbocycles. The van der Waals surface area contributed by atoms with E-state index in [-0.39, 0.29) is 11.0 Å². The van der Waals surface area contributed by atoms with Crippen LogP contribution in [0.5, 0.6) is 0 Å². The Bertz CT molecular complexity index is 1240. The van der Waals surface area contributed by atoms with Gasteiger partial charge in [0, 0.05) is 17.0 Å². The minimum absolute atomic E-state index is 0.136. The first-order chi connectivity index (χ1) is 12.5. The maximum Gasteiger partial charge on any atom is 0.336 e. The highest BCUT2D eigenvalue weighted by Gasteiger charge is 2.16. The van der Waals surface area contributed by atoms with Crippen LogP contribution in [0.3, 0.4) is 0 Å². The minimum Gasteiger partial charge on any atom is -0.478 e. The van der Waals surface area contributed by atoms with Crippen LogP contribution in [0.1, 0.15) is 21.5 Å². The molecular weight excluding hydrogens is 328 g/mol. The Morgan fingerprint density at radius 2 is 1.69 bits per heavy atom. The molecule has 4 aromatic rings. The third-order valence-electron chi connectivity index (χ3n) is 4.57. The van der Waals surface area contributed by atoms with Crippen molar-refractivity contribution in [1.82, 2.24) is 0 Å². The summed E-state index contributed by atoms with van der Waals surface area (Å²) in [7, 11) is 0. The fourth-order valence-corrected chi connectivity index (χ4v) is 3.52. The molecule has 0 aliphatic rings. The van der Waals surface area contributed by atoms with Crippen molar-refractivity contribution in [3.8, 4) is 11.3 Å². The van der Waals surface area contributed by atoms with Gasteiger partial charge in [0.2, 0.25) is 0 Å². The molecule has 0 radical (unpaired) electrons. The molecule has 4 nitrogen and oxygen atoms in total. The van der Waals surface area contributed by atoms with Crippen LogP contribution in [-0.2, 0) is 0 Å². The Labute approximate surface area is 149 Å². The number of hydrogen-bond acceptors (Lipinski definition) is 3. The van der Waals surface area contributed by atoms with E-state index in [4.69, 9.17) is 4.42 Å². The number of carbonyl (C=O) groups is 1. The lowest BCUT2D eigenvalue weighted by Crippen LogP contribution is -2.04. The quantitative estimate of drug-likeness (QED) is 0.560. The van der Waals surface area contributed by atoms with Crippen molar-refractivity contribution in [2.45, 2.75) is 13.8 Å². The molecule has 0 unspecified atom stereocenters. The van der Waals surface area contributed by atoms with Gasteiger partial charge in [0.1, 0.15) is 11.3 Å². The molecule has 1 aromatic heterocycles. The fraction of sp³-hybridized carbons (Fsp3) is 0.0909. The second-order valence-corrected chi connectivity index (χ2v) is 6.44. The van der Waals surface area contributed by atoms with Crippen LogP contribution in [0, 0.1) is 13.8 Å². The Kier molecular flexibility index (Phi) is 3.62. The molecule has 3 aromatic carbocycles. The third kappa shape index (κ3) is 2.47. The van der Waals surface area contributed by atoms with Crippen LogP contribution in [0.15, 0.2) is 63.8 Å². The van der Waals surface area contributed by atoms with Gasteiger partial charge >= 0.3 is 5.97 Å². The molecule has 1 N–H and O–H groups in total. The summed E-state index contributed by atoms with van der Waals surface area (Å²) in [5, 5.41) is 11.5. The molecule has 4 rings (SSSR count). The van der Waals surface area contributed by atoms with Gasteiger partial charge in [-0.05, 0) is 42.5 Å². The molecule has 0 fully saturated rings. The van der Waals surface area contributed by atoms with Gasteiger partial charge in [0.05, 0.1) is 10.9 Å². The van der Waals surface area contributed by atoms with Gasteiger partial charge in [0.15, 0.2) is 5.43 Å². The largest absolute Gasteiger partial charge is 0.478 e. The summed E-state index contributed by atoms with van der Waals surface area (Å²) in [6.07, 6.45) is 0. The van der Waals surface area contributed by atoms with E-state index >= 15 is 0 Å². The molecule has 0 aliphatic heterocycles. The normalized spacial score (nSPS) is 11.2. The number of hydrogen-bond donors (Lipinski definition) is 1. The van der Waals surface area contributed by atoms with Crippen LogP contribution in [0.2, 0.25) is 0 Å². The summed E-state index contributed by atoms with van der Waals surface area (Å²) in [5.41, 5.74) is 3.02. The smallest absolute Gasteiger partial charge is 0.336 e. The standard InChI is InChI=1S/C22H16O4/c1-12-9-13(2)20-17(23)11-18(26-19(20)10-12)15-7-3-5-14-6-4-8-16(21(14)15)22(24)25/h3-11H,1-2H3,(H,24,25). The van der Waals surface area contributed by atoms with E-state index in [0.717, 1.165) is 16.5 Å². The van der Waals surface area contributed by atoms with Crippen molar-refractivity contribution in [3.05, 3.63) is 81.5 Å². The zero-order valence-corrected chi connectivity index (χ0v) is 14.4. The lowest BCUT2D eigenvalue weighted by Gasteiger charge is -2.10.